The normalized spacial score (nSPS) is 33.1. The molecule has 2 fully saturated rings. The van der Waals surface area contributed by atoms with E-state index in [0.717, 1.165) is 0 Å². The lowest BCUT2D eigenvalue weighted by Crippen LogP contribution is -2.65. The number of rotatable bonds is 10. The number of halogens is 1. The van der Waals surface area contributed by atoms with Gasteiger partial charge < -0.3 is 33.5 Å². The Hall–Kier alpha value is -2.26. The summed E-state index contributed by atoms with van der Waals surface area (Å²) in [6.45, 7) is 7.84. The summed E-state index contributed by atoms with van der Waals surface area (Å²) in [7, 11) is 6.10. The second-order valence-electron chi connectivity index (χ2n) is 10.2. The molecule has 0 aromatic heterocycles. The number of ether oxygens (including phenoxy) is 6. The van der Waals surface area contributed by atoms with Crippen LogP contribution in [0.5, 0.6) is 17.2 Å². The van der Waals surface area contributed by atoms with Crippen LogP contribution in [-0.4, -0.2) is 68.5 Å². The molecule has 37 heavy (non-hydrogen) atoms. The van der Waals surface area contributed by atoms with E-state index in [9.17, 15) is 9.90 Å². The van der Waals surface area contributed by atoms with E-state index in [4.69, 9.17) is 40.0 Å². The van der Waals surface area contributed by atoms with Gasteiger partial charge in [-0.25, -0.2) is 4.79 Å². The van der Waals surface area contributed by atoms with Crippen LogP contribution in [0, 0.1) is 5.41 Å². The van der Waals surface area contributed by atoms with Crippen LogP contribution in [0.25, 0.3) is 6.08 Å². The van der Waals surface area contributed by atoms with E-state index in [1.165, 1.54) is 40.1 Å². The minimum atomic E-state index is -1.60. The molecule has 8 nitrogen and oxygen atoms in total. The topological polar surface area (TPSA) is 96.0 Å². The predicted octanol–water partition coefficient (Wildman–Crippen LogP) is 4.89. The Morgan fingerprint density at radius 1 is 1.14 bits per heavy atom. The third-order valence-corrected chi connectivity index (χ3v) is 8.38. The van der Waals surface area contributed by atoms with Crippen molar-refractivity contribution in [2.75, 3.05) is 28.4 Å². The van der Waals surface area contributed by atoms with Crippen LogP contribution in [0.3, 0.4) is 0 Å². The molecule has 1 aliphatic carbocycles. The Labute approximate surface area is 224 Å². The second-order valence-corrected chi connectivity index (χ2v) is 10.8. The first-order chi connectivity index (χ1) is 17.4. The highest BCUT2D eigenvalue weighted by molar-refractivity contribution is 6.23. The molecule has 1 saturated heterocycles. The number of esters is 1. The number of methoxy groups -OCH3 is 4. The minimum absolute atomic E-state index is 0.135. The van der Waals surface area contributed by atoms with Crippen molar-refractivity contribution in [1.29, 1.82) is 0 Å². The largest absolute Gasteiger partial charge is 0.493 e. The van der Waals surface area contributed by atoms with Crippen molar-refractivity contribution in [3.8, 4) is 17.2 Å². The molecular weight excluding hydrogens is 500 g/mol. The van der Waals surface area contributed by atoms with Crippen LogP contribution >= 0.6 is 11.6 Å². The van der Waals surface area contributed by atoms with Gasteiger partial charge in [0.05, 0.1) is 32.8 Å². The number of hydrogen-bond acceptors (Lipinski definition) is 8. The van der Waals surface area contributed by atoms with E-state index in [-0.39, 0.29) is 12.5 Å². The minimum Gasteiger partial charge on any atom is -0.493 e. The van der Waals surface area contributed by atoms with Crippen molar-refractivity contribution in [3.63, 3.8) is 0 Å². The smallest absolute Gasteiger partial charge is 0.331 e. The van der Waals surface area contributed by atoms with Gasteiger partial charge in [0.25, 0.3) is 0 Å². The quantitative estimate of drug-likeness (QED) is 0.148. The number of hydrogen-bond donors (Lipinski definition) is 1. The number of benzene rings is 1. The molecule has 1 aromatic carbocycles. The van der Waals surface area contributed by atoms with Gasteiger partial charge in [-0.15, -0.1) is 0 Å². The van der Waals surface area contributed by atoms with Crippen LogP contribution < -0.4 is 14.2 Å². The zero-order chi connectivity index (χ0) is 27.6. The van der Waals surface area contributed by atoms with Gasteiger partial charge in [-0.1, -0.05) is 30.2 Å². The fraction of sp³-hybridized carbons (Fsp3) is 0.607. The first-order valence-corrected chi connectivity index (χ1v) is 12.7. The maximum atomic E-state index is 12.9. The summed E-state index contributed by atoms with van der Waals surface area (Å²) in [6.07, 6.45) is 4.84. The molecule has 6 unspecified atom stereocenters. The van der Waals surface area contributed by atoms with Crippen LogP contribution in [0.2, 0.25) is 0 Å². The first kappa shape index (κ1) is 29.3. The van der Waals surface area contributed by atoms with Crippen molar-refractivity contribution in [2.24, 2.45) is 5.41 Å². The molecule has 1 saturated carbocycles. The van der Waals surface area contributed by atoms with E-state index in [1.54, 1.807) is 18.2 Å². The molecule has 6 atom stereocenters. The molecule has 2 aliphatic rings. The lowest BCUT2D eigenvalue weighted by atomic mass is 9.61. The zero-order valence-corrected chi connectivity index (χ0v) is 23.7. The molecule has 9 heteroatoms. The highest BCUT2D eigenvalue weighted by atomic mass is 35.5. The maximum absolute atomic E-state index is 12.9. The highest BCUT2D eigenvalue weighted by Crippen LogP contribution is 2.63. The molecular formula is C28H39ClO8. The Balaban J connectivity index is 1.81. The van der Waals surface area contributed by atoms with Crippen LogP contribution in [0.1, 0.15) is 52.5 Å². The van der Waals surface area contributed by atoms with Gasteiger partial charge >= 0.3 is 5.97 Å². The average Bonchev–Trinajstić information content (AvgIpc) is 3.54. The molecule has 1 N–H and O–H groups in total. The van der Waals surface area contributed by atoms with E-state index < -0.39 is 34.3 Å². The van der Waals surface area contributed by atoms with E-state index in [1.807, 2.05) is 27.7 Å². The molecule has 0 spiro atoms. The fourth-order valence-electron chi connectivity index (χ4n) is 5.39. The maximum Gasteiger partial charge on any atom is 0.331 e. The summed E-state index contributed by atoms with van der Waals surface area (Å²) in [6, 6.07) is 3.46. The van der Waals surface area contributed by atoms with Crippen molar-refractivity contribution < 1.29 is 38.3 Å². The number of epoxide rings is 1. The number of carbonyl (C=O) groups excluding carboxylic acids is 1. The van der Waals surface area contributed by atoms with Gasteiger partial charge in [0.2, 0.25) is 5.75 Å². The standard InChI is InChI=1S/C28H39ClO8/c1-17(2)9-11-22-27(4,37-22)26(3)25(35-8)19(13-14-28(26,29)31)36-23(30)12-10-18-15-20(32-5)24(34-7)21(16-18)33-6/h9-10,12,15-16,19,22,25,31H,11,13-14H2,1-8H3. The van der Waals surface area contributed by atoms with E-state index in [2.05, 4.69) is 6.08 Å². The molecule has 206 valence electrons. The molecule has 0 radical (unpaired) electrons. The molecule has 3 rings (SSSR count). The van der Waals surface area contributed by atoms with Gasteiger partial charge in [0.1, 0.15) is 22.9 Å². The van der Waals surface area contributed by atoms with Gasteiger partial charge in [-0.05, 0) is 63.8 Å². The summed E-state index contributed by atoms with van der Waals surface area (Å²) in [4.78, 5) is 12.9. The van der Waals surface area contributed by atoms with Gasteiger partial charge in [0, 0.05) is 13.2 Å². The average molecular weight is 539 g/mol. The molecule has 1 aromatic rings. The van der Waals surface area contributed by atoms with Crippen LogP contribution in [0.15, 0.2) is 29.9 Å². The zero-order valence-electron chi connectivity index (χ0n) is 22.9. The van der Waals surface area contributed by atoms with Crippen molar-refractivity contribution in [1.82, 2.24) is 0 Å². The third kappa shape index (κ3) is 5.48. The fourth-order valence-corrected chi connectivity index (χ4v) is 5.79. The predicted molar refractivity (Wildman–Crippen MR) is 141 cm³/mol. The number of alkyl halides is 1. The van der Waals surface area contributed by atoms with Gasteiger partial charge in [0.15, 0.2) is 11.5 Å². The molecule has 0 amide bonds. The monoisotopic (exact) mass is 538 g/mol. The lowest BCUT2D eigenvalue weighted by Gasteiger charge is -2.53. The Morgan fingerprint density at radius 3 is 2.27 bits per heavy atom. The van der Waals surface area contributed by atoms with Crippen molar-refractivity contribution >= 4 is 23.6 Å². The molecule has 1 heterocycles. The number of carbonyl (C=O) groups is 1. The molecule has 1 aliphatic heterocycles. The Kier molecular flexibility index (Phi) is 8.90. The molecule has 0 bridgehead atoms. The third-order valence-electron chi connectivity index (χ3n) is 7.80. The summed E-state index contributed by atoms with van der Waals surface area (Å²) in [5.74, 6) is 0.853. The van der Waals surface area contributed by atoms with Gasteiger partial charge in [-0.3, -0.25) is 0 Å². The summed E-state index contributed by atoms with van der Waals surface area (Å²) in [5.41, 5.74) is 0.0500. The summed E-state index contributed by atoms with van der Waals surface area (Å²) < 4.78 is 33.9. The van der Waals surface area contributed by atoms with Gasteiger partial charge in [-0.2, -0.15) is 0 Å². The SMILES string of the molecule is COc1cc(C=CC(=O)OC2CCC(O)(Cl)C(C)(C3(C)OC3CC=C(C)C)C2OC)cc(OC)c1OC. The van der Waals surface area contributed by atoms with Crippen molar-refractivity contribution in [3.05, 3.63) is 35.4 Å². The number of aliphatic hydroxyl groups is 1. The number of allylic oxidation sites excluding steroid dienone is 1. The highest BCUT2D eigenvalue weighted by Gasteiger charge is 2.75. The summed E-state index contributed by atoms with van der Waals surface area (Å²) >= 11 is 6.72. The lowest BCUT2D eigenvalue weighted by molar-refractivity contribution is -0.211. The Morgan fingerprint density at radius 2 is 1.76 bits per heavy atom. The van der Waals surface area contributed by atoms with E-state index in [0.29, 0.717) is 35.7 Å². The summed E-state index contributed by atoms with van der Waals surface area (Å²) in [5, 5.41) is 9.71. The van der Waals surface area contributed by atoms with Crippen LogP contribution in [-0.2, 0) is 19.0 Å². The Bertz CT molecular complexity index is 1020. The first-order valence-electron chi connectivity index (χ1n) is 12.3. The van der Waals surface area contributed by atoms with Crippen molar-refractivity contribution in [2.45, 2.75) is 75.9 Å². The van der Waals surface area contributed by atoms with Crippen LogP contribution in [0.4, 0.5) is 0 Å². The van der Waals surface area contributed by atoms with E-state index >= 15 is 0 Å². The second kappa shape index (κ2) is 11.2.